The van der Waals surface area contributed by atoms with E-state index < -0.39 is 0 Å². The Morgan fingerprint density at radius 2 is 1.64 bits per heavy atom. The Hall–Kier alpha value is -3.28. The lowest BCUT2D eigenvalue weighted by molar-refractivity contribution is 0.0710. The van der Waals surface area contributed by atoms with Crippen LogP contribution in [0, 0.1) is 5.82 Å². The molecule has 1 aromatic heterocycles. The van der Waals surface area contributed by atoms with Crippen molar-refractivity contribution in [3.05, 3.63) is 84.1 Å². The van der Waals surface area contributed by atoms with Gasteiger partial charge >= 0.3 is 0 Å². The average Bonchev–Trinajstić information content (AvgIpc) is 3.22. The highest BCUT2D eigenvalue weighted by Gasteiger charge is 2.24. The number of benzene rings is 2. The van der Waals surface area contributed by atoms with Crippen molar-refractivity contribution >= 4 is 11.6 Å². The highest BCUT2D eigenvalue weighted by Crippen LogP contribution is 2.19. The van der Waals surface area contributed by atoms with E-state index in [2.05, 4.69) is 4.90 Å². The second kappa shape index (κ2) is 8.17. The number of halogens is 1. The maximum absolute atomic E-state index is 13.1. The van der Waals surface area contributed by atoms with Crippen molar-refractivity contribution in [2.75, 3.05) is 31.1 Å². The second-order valence-corrected chi connectivity index (χ2v) is 6.62. The molecule has 2 aromatic carbocycles. The van der Waals surface area contributed by atoms with Gasteiger partial charge in [0.25, 0.3) is 5.91 Å². The summed E-state index contributed by atoms with van der Waals surface area (Å²) in [6.07, 6.45) is 0. The molecular weight excluding hydrogens is 359 g/mol. The Bertz CT molecular complexity index is 916. The third-order valence-corrected chi connectivity index (χ3v) is 4.76. The first-order valence-corrected chi connectivity index (χ1v) is 9.25. The standard InChI is InChI=1S/C22H21FN2O3/c23-17-6-8-18(9-7-17)24-12-14-25(15-13-24)22(26)21-11-10-20(28-21)16-27-19-4-2-1-3-5-19/h1-11H,12-16H2. The van der Waals surface area contributed by atoms with Gasteiger partial charge in [0.05, 0.1) is 0 Å². The van der Waals surface area contributed by atoms with Crippen molar-refractivity contribution < 1.29 is 18.3 Å². The first-order chi connectivity index (χ1) is 13.7. The summed E-state index contributed by atoms with van der Waals surface area (Å²) >= 11 is 0. The Morgan fingerprint density at radius 3 is 2.36 bits per heavy atom. The summed E-state index contributed by atoms with van der Waals surface area (Å²) in [7, 11) is 0. The van der Waals surface area contributed by atoms with Crippen LogP contribution in [0.5, 0.6) is 5.75 Å². The van der Waals surface area contributed by atoms with Crippen molar-refractivity contribution in [3.63, 3.8) is 0 Å². The molecule has 4 rings (SSSR count). The van der Waals surface area contributed by atoms with Gasteiger partial charge in [-0.3, -0.25) is 4.79 Å². The topological polar surface area (TPSA) is 45.9 Å². The zero-order valence-electron chi connectivity index (χ0n) is 15.4. The van der Waals surface area contributed by atoms with E-state index in [1.54, 1.807) is 29.2 Å². The lowest BCUT2D eigenvalue weighted by atomic mass is 10.2. The molecule has 1 aliphatic rings. The van der Waals surface area contributed by atoms with Gasteiger partial charge in [0, 0.05) is 31.9 Å². The fourth-order valence-corrected chi connectivity index (χ4v) is 3.22. The predicted octanol–water partition coefficient (Wildman–Crippen LogP) is 3.96. The molecule has 0 aliphatic carbocycles. The highest BCUT2D eigenvalue weighted by molar-refractivity contribution is 5.91. The smallest absolute Gasteiger partial charge is 0.289 e. The van der Waals surface area contributed by atoms with Gasteiger partial charge in [-0.25, -0.2) is 4.39 Å². The number of hydrogen-bond donors (Lipinski definition) is 0. The van der Waals surface area contributed by atoms with E-state index in [4.69, 9.17) is 9.15 Å². The van der Waals surface area contributed by atoms with Crippen molar-refractivity contribution in [1.82, 2.24) is 4.90 Å². The molecule has 0 spiro atoms. The maximum atomic E-state index is 13.1. The average molecular weight is 380 g/mol. The highest BCUT2D eigenvalue weighted by atomic mass is 19.1. The molecule has 0 saturated carbocycles. The number of nitrogens with zero attached hydrogens (tertiary/aromatic N) is 2. The summed E-state index contributed by atoms with van der Waals surface area (Å²) in [5.74, 6) is 1.31. The molecular formula is C22H21FN2O3. The van der Waals surface area contributed by atoms with Crippen LogP contribution in [0.25, 0.3) is 0 Å². The molecule has 28 heavy (non-hydrogen) atoms. The summed E-state index contributed by atoms with van der Waals surface area (Å²) in [6.45, 7) is 2.85. The zero-order chi connectivity index (χ0) is 19.3. The largest absolute Gasteiger partial charge is 0.486 e. The van der Waals surface area contributed by atoms with Crippen LogP contribution in [0.1, 0.15) is 16.3 Å². The van der Waals surface area contributed by atoms with E-state index in [1.807, 2.05) is 30.3 Å². The first kappa shape index (κ1) is 18.1. The van der Waals surface area contributed by atoms with Gasteiger partial charge in [-0.2, -0.15) is 0 Å². The number of ether oxygens (including phenoxy) is 1. The number of carbonyl (C=O) groups is 1. The lowest BCUT2D eigenvalue weighted by Gasteiger charge is -2.35. The van der Waals surface area contributed by atoms with Crippen molar-refractivity contribution in [1.29, 1.82) is 0 Å². The number of carbonyl (C=O) groups excluding carboxylic acids is 1. The van der Waals surface area contributed by atoms with E-state index in [-0.39, 0.29) is 18.3 Å². The third-order valence-electron chi connectivity index (χ3n) is 4.76. The Balaban J connectivity index is 1.31. The number of hydrogen-bond acceptors (Lipinski definition) is 4. The van der Waals surface area contributed by atoms with Crippen LogP contribution in [0.3, 0.4) is 0 Å². The van der Waals surface area contributed by atoms with Gasteiger partial charge < -0.3 is 19.0 Å². The monoisotopic (exact) mass is 380 g/mol. The van der Waals surface area contributed by atoms with Gasteiger partial charge in [0.2, 0.25) is 0 Å². The molecule has 1 saturated heterocycles. The summed E-state index contributed by atoms with van der Waals surface area (Å²) in [6, 6.07) is 19.4. The molecule has 1 aliphatic heterocycles. The minimum Gasteiger partial charge on any atom is -0.486 e. The fraction of sp³-hybridized carbons (Fsp3) is 0.227. The van der Waals surface area contributed by atoms with Gasteiger partial charge in [0.1, 0.15) is 23.9 Å². The molecule has 0 unspecified atom stereocenters. The fourth-order valence-electron chi connectivity index (χ4n) is 3.22. The number of anilines is 1. The van der Waals surface area contributed by atoms with Gasteiger partial charge in [0.15, 0.2) is 5.76 Å². The van der Waals surface area contributed by atoms with E-state index in [0.29, 0.717) is 37.7 Å². The number of rotatable bonds is 5. The Labute approximate surface area is 162 Å². The van der Waals surface area contributed by atoms with Crippen LogP contribution in [0.15, 0.2) is 71.1 Å². The molecule has 144 valence electrons. The SMILES string of the molecule is O=C(c1ccc(COc2ccccc2)o1)N1CCN(c2ccc(F)cc2)CC1. The van der Waals surface area contributed by atoms with Gasteiger partial charge in [-0.05, 0) is 48.5 Å². The molecule has 0 bridgehead atoms. The number of piperazine rings is 1. The van der Waals surface area contributed by atoms with Crippen molar-refractivity contribution in [2.45, 2.75) is 6.61 Å². The summed E-state index contributed by atoms with van der Waals surface area (Å²) in [4.78, 5) is 16.6. The third kappa shape index (κ3) is 4.17. The van der Waals surface area contributed by atoms with Crippen LogP contribution in [-0.4, -0.2) is 37.0 Å². The number of amides is 1. The molecule has 1 fully saturated rings. The van der Waals surface area contributed by atoms with Crippen LogP contribution in [-0.2, 0) is 6.61 Å². The van der Waals surface area contributed by atoms with Gasteiger partial charge in [-0.15, -0.1) is 0 Å². The molecule has 2 heterocycles. The zero-order valence-corrected chi connectivity index (χ0v) is 15.4. The molecule has 0 radical (unpaired) electrons. The summed E-state index contributed by atoms with van der Waals surface area (Å²) < 4.78 is 24.4. The van der Waals surface area contributed by atoms with Crippen molar-refractivity contribution in [2.24, 2.45) is 0 Å². The number of para-hydroxylation sites is 1. The predicted molar refractivity (Wildman–Crippen MR) is 104 cm³/mol. The molecule has 0 N–H and O–H groups in total. The Morgan fingerprint density at radius 1 is 0.929 bits per heavy atom. The van der Waals surface area contributed by atoms with Crippen LogP contribution in [0.4, 0.5) is 10.1 Å². The number of furan rings is 1. The second-order valence-electron chi connectivity index (χ2n) is 6.62. The van der Waals surface area contributed by atoms with Crippen LogP contribution in [0.2, 0.25) is 0 Å². The molecule has 6 heteroatoms. The normalized spacial score (nSPS) is 14.2. The maximum Gasteiger partial charge on any atom is 0.289 e. The molecule has 3 aromatic rings. The first-order valence-electron chi connectivity index (χ1n) is 9.25. The van der Waals surface area contributed by atoms with E-state index in [9.17, 15) is 9.18 Å². The Kier molecular flexibility index (Phi) is 5.28. The summed E-state index contributed by atoms with van der Waals surface area (Å²) in [5, 5.41) is 0. The quantitative estimate of drug-likeness (QED) is 0.672. The van der Waals surface area contributed by atoms with Crippen molar-refractivity contribution in [3.8, 4) is 5.75 Å². The van der Waals surface area contributed by atoms with Crippen LogP contribution >= 0.6 is 0 Å². The summed E-state index contributed by atoms with van der Waals surface area (Å²) in [5.41, 5.74) is 0.965. The van der Waals surface area contributed by atoms with E-state index in [0.717, 1.165) is 11.4 Å². The van der Waals surface area contributed by atoms with E-state index in [1.165, 1.54) is 12.1 Å². The van der Waals surface area contributed by atoms with E-state index >= 15 is 0 Å². The minimum absolute atomic E-state index is 0.121. The molecule has 1 amide bonds. The minimum atomic E-state index is -0.248. The molecule has 0 atom stereocenters. The van der Waals surface area contributed by atoms with Gasteiger partial charge in [-0.1, -0.05) is 18.2 Å². The molecule has 5 nitrogen and oxygen atoms in total. The van der Waals surface area contributed by atoms with Crippen LogP contribution < -0.4 is 9.64 Å². The lowest BCUT2D eigenvalue weighted by Crippen LogP contribution is -2.48.